The summed E-state index contributed by atoms with van der Waals surface area (Å²) in [5.74, 6) is 2.77. The maximum atomic E-state index is 10.8. The van der Waals surface area contributed by atoms with Crippen molar-refractivity contribution in [2.75, 3.05) is 20.3 Å². The van der Waals surface area contributed by atoms with E-state index in [1.54, 1.807) is 18.1 Å². The molecule has 8 heteroatoms. The number of nitrogens with zero attached hydrogens (tertiary/aromatic N) is 3. The highest BCUT2D eigenvalue weighted by Crippen LogP contribution is 2.35. The van der Waals surface area contributed by atoms with E-state index in [1.165, 1.54) is 0 Å². The molecule has 0 saturated heterocycles. The van der Waals surface area contributed by atoms with Gasteiger partial charge in [-0.25, -0.2) is 4.68 Å². The van der Waals surface area contributed by atoms with Crippen molar-refractivity contribution in [3.05, 3.63) is 84.3 Å². The van der Waals surface area contributed by atoms with Crippen LogP contribution in [0.3, 0.4) is 0 Å². The van der Waals surface area contributed by atoms with Crippen molar-refractivity contribution in [2.24, 2.45) is 7.05 Å². The first-order chi connectivity index (χ1) is 17.9. The first kappa shape index (κ1) is 26.5. The molecule has 4 rings (SSSR count). The van der Waals surface area contributed by atoms with Crippen LogP contribution in [0.4, 0.5) is 0 Å². The smallest absolute Gasteiger partial charge is 0.222 e. The lowest BCUT2D eigenvalue weighted by Gasteiger charge is -2.25. The molecule has 37 heavy (non-hydrogen) atoms. The maximum Gasteiger partial charge on any atom is 0.222 e. The van der Waals surface area contributed by atoms with Gasteiger partial charge in [0.1, 0.15) is 23.0 Å². The Kier molecular flexibility index (Phi) is 9.00. The maximum absolute atomic E-state index is 10.8. The predicted molar refractivity (Wildman–Crippen MR) is 142 cm³/mol. The zero-order chi connectivity index (χ0) is 26.2. The van der Waals surface area contributed by atoms with Crippen molar-refractivity contribution in [1.29, 1.82) is 0 Å². The van der Waals surface area contributed by atoms with Crippen LogP contribution >= 0.6 is 0 Å². The number of rotatable bonds is 13. The Labute approximate surface area is 218 Å². The molecule has 0 radical (unpaired) electrons. The van der Waals surface area contributed by atoms with Gasteiger partial charge in [-0.05, 0) is 38.1 Å². The second-order valence-electron chi connectivity index (χ2n) is 9.19. The van der Waals surface area contributed by atoms with E-state index in [4.69, 9.17) is 23.7 Å². The summed E-state index contributed by atoms with van der Waals surface area (Å²) in [4.78, 5) is 2.12. The van der Waals surface area contributed by atoms with Crippen LogP contribution in [-0.2, 0) is 24.9 Å². The second-order valence-corrected chi connectivity index (χ2v) is 9.19. The van der Waals surface area contributed by atoms with Crippen LogP contribution in [0, 0.1) is 0 Å². The van der Waals surface area contributed by atoms with Gasteiger partial charge in [0.25, 0.3) is 0 Å². The van der Waals surface area contributed by atoms with Crippen molar-refractivity contribution in [2.45, 2.75) is 39.1 Å². The van der Waals surface area contributed by atoms with Crippen molar-refractivity contribution in [3.63, 3.8) is 0 Å². The van der Waals surface area contributed by atoms with E-state index < -0.39 is 6.10 Å². The minimum atomic E-state index is -0.669. The topological polar surface area (TPSA) is 82.1 Å². The van der Waals surface area contributed by atoms with E-state index in [-0.39, 0.29) is 12.7 Å². The Balaban J connectivity index is 1.69. The van der Waals surface area contributed by atoms with Gasteiger partial charge < -0.3 is 23.7 Å². The predicted octanol–water partition coefficient (Wildman–Crippen LogP) is 5.27. The van der Waals surface area contributed by atoms with Crippen LogP contribution in [0.25, 0.3) is 11.3 Å². The molecule has 0 amide bonds. The molecule has 0 aliphatic rings. The van der Waals surface area contributed by atoms with Crippen LogP contribution in [0.2, 0.25) is 0 Å². The van der Waals surface area contributed by atoms with Crippen LogP contribution in [0.1, 0.15) is 25.2 Å². The molecule has 2 aromatic carbocycles. The molecule has 8 nitrogen and oxygen atoms in total. The molecule has 2 heterocycles. The van der Waals surface area contributed by atoms with Crippen LogP contribution in [0.15, 0.2) is 77.4 Å². The molecule has 2 aromatic heterocycles. The van der Waals surface area contributed by atoms with Crippen molar-refractivity contribution < 1.29 is 23.7 Å². The van der Waals surface area contributed by atoms with E-state index in [2.05, 4.69) is 4.90 Å². The van der Waals surface area contributed by atoms with Gasteiger partial charge in [-0.3, -0.25) is 4.90 Å². The van der Waals surface area contributed by atoms with E-state index in [9.17, 15) is 5.11 Å². The van der Waals surface area contributed by atoms with Crippen LogP contribution in [-0.4, -0.2) is 52.3 Å². The standard InChI is InChI=1S/C29H35N3O5/c1-21(2)36-20-23(33)17-32(18-26-14-9-15-35-26)19-27-28(22-10-6-5-7-11-22)30-31(3)29(27)37-25-13-8-12-24(16-25)34-4/h5-16,21,23,33H,17-20H2,1-4H3. The minimum absolute atomic E-state index is 0.0408. The molecule has 0 aliphatic heterocycles. The molecule has 0 fully saturated rings. The van der Waals surface area contributed by atoms with Gasteiger partial charge in [-0.2, -0.15) is 5.10 Å². The number of furan rings is 1. The fraction of sp³-hybridized carbons (Fsp3) is 0.345. The molecule has 0 bridgehead atoms. The number of aliphatic hydroxyl groups is 1. The Morgan fingerprint density at radius 3 is 2.49 bits per heavy atom. The first-order valence-electron chi connectivity index (χ1n) is 12.4. The van der Waals surface area contributed by atoms with Gasteiger partial charge in [0, 0.05) is 31.8 Å². The fourth-order valence-corrected chi connectivity index (χ4v) is 4.11. The van der Waals surface area contributed by atoms with Crippen molar-refractivity contribution >= 4 is 0 Å². The Bertz CT molecular complexity index is 1240. The third-order valence-electron chi connectivity index (χ3n) is 5.82. The molecule has 0 aliphatic carbocycles. The Morgan fingerprint density at radius 2 is 1.78 bits per heavy atom. The molecule has 1 unspecified atom stereocenters. The summed E-state index contributed by atoms with van der Waals surface area (Å²) in [6.07, 6.45) is 1.03. The number of ether oxygens (including phenoxy) is 3. The summed E-state index contributed by atoms with van der Waals surface area (Å²) in [7, 11) is 3.50. The number of benzene rings is 2. The van der Waals surface area contributed by atoms with Gasteiger partial charge in [-0.1, -0.05) is 36.4 Å². The number of aromatic nitrogens is 2. The lowest BCUT2D eigenvalue weighted by molar-refractivity contribution is -0.0114. The monoisotopic (exact) mass is 505 g/mol. The summed E-state index contributed by atoms with van der Waals surface area (Å²) < 4.78 is 24.8. The van der Waals surface area contributed by atoms with Gasteiger partial charge >= 0.3 is 0 Å². The fourth-order valence-electron chi connectivity index (χ4n) is 4.11. The molecule has 1 atom stereocenters. The van der Waals surface area contributed by atoms with Gasteiger partial charge in [0.15, 0.2) is 0 Å². The molecular formula is C29H35N3O5. The van der Waals surface area contributed by atoms with E-state index in [1.807, 2.05) is 87.6 Å². The zero-order valence-electron chi connectivity index (χ0n) is 21.8. The van der Waals surface area contributed by atoms with Crippen LogP contribution < -0.4 is 9.47 Å². The number of methoxy groups -OCH3 is 1. The average molecular weight is 506 g/mol. The summed E-state index contributed by atoms with van der Waals surface area (Å²) in [5.41, 5.74) is 2.70. The van der Waals surface area contributed by atoms with Crippen LogP contribution in [0.5, 0.6) is 17.4 Å². The highest BCUT2D eigenvalue weighted by atomic mass is 16.5. The molecular weight excluding hydrogens is 470 g/mol. The quantitative estimate of drug-likeness (QED) is 0.265. The molecule has 196 valence electrons. The highest BCUT2D eigenvalue weighted by molar-refractivity contribution is 5.65. The average Bonchev–Trinajstić information content (AvgIpc) is 3.52. The minimum Gasteiger partial charge on any atom is -0.497 e. The van der Waals surface area contributed by atoms with Gasteiger partial charge in [-0.15, -0.1) is 0 Å². The SMILES string of the molecule is COc1cccc(Oc2c(CN(Cc3ccco3)CC(O)COC(C)C)c(-c3ccccc3)nn2C)c1. The lowest BCUT2D eigenvalue weighted by Crippen LogP contribution is -2.35. The van der Waals surface area contributed by atoms with Crippen molar-refractivity contribution in [3.8, 4) is 28.6 Å². The summed E-state index contributed by atoms with van der Waals surface area (Å²) in [6, 6.07) is 21.3. The first-order valence-corrected chi connectivity index (χ1v) is 12.4. The summed E-state index contributed by atoms with van der Waals surface area (Å²) >= 11 is 0. The lowest BCUT2D eigenvalue weighted by atomic mass is 10.1. The van der Waals surface area contributed by atoms with Crippen molar-refractivity contribution in [1.82, 2.24) is 14.7 Å². The number of hydrogen-bond acceptors (Lipinski definition) is 7. The Hall–Kier alpha value is -3.59. The van der Waals surface area contributed by atoms with Gasteiger partial charge in [0.05, 0.1) is 44.3 Å². The number of aryl methyl sites for hydroxylation is 1. The highest BCUT2D eigenvalue weighted by Gasteiger charge is 2.24. The van der Waals surface area contributed by atoms with E-state index in [0.29, 0.717) is 37.0 Å². The van der Waals surface area contributed by atoms with E-state index >= 15 is 0 Å². The molecule has 0 saturated carbocycles. The molecule has 4 aromatic rings. The Morgan fingerprint density at radius 1 is 1.00 bits per heavy atom. The molecule has 0 spiro atoms. The largest absolute Gasteiger partial charge is 0.497 e. The zero-order valence-corrected chi connectivity index (χ0v) is 21.8. The normalized spacial score (nSPS) is 12.3. The summed E-state index contributed by atoms with van der Waals surface area (Å²) in [6.45, 7) is 5.52. The molecule has 1 N–H and O–H groups in total. The third-order valence-corrected chi connectivity index (χ3v) is 5.82. The number of hydrogen-bond donors (Lipinski definition) is 1. The number of aliphatic hydroxyl groups excluding tert-OH is 1. The third kappa shape index (κ3) is 7.22. The van der Waals surface area contributed by atoms with Gasteiger partial charge in [0.2, 0.25) is 5.88 Å². The second kappa shape index (κ2) is 12.6. The summed E-state index contributed by atoms with van der Waals surface area (Å²) in [5, 5.41) is 15.6. The van der Waals surface area contributed by atoms with E-state index in [0.717, 1.165) is 22.6 Å².